The van der Waals surface area contributed by atoms with Gasteiger partial charge in [0.05, 0.1) is 6.54 Å². The molecule has 0 aliphatic carbocycles. The van der Waals surface area contributed by atoms with Gasteiger partial charge in [0, 0.05) is 30.9 Å². The van der Waals surface area contributed by atoms with E-state index in [1.807, 2.05) is 66.4 Å². The van der Waals surface area contributed by atoms with Crippen molar-refractivity contribution in [2.24, 2.45) is 5.92 Å². The Morgan fingerprint density at radius 2 is 1.81 bits per heavy atom. The smallest absolute Gasteiger partial charge is 0.295 e. The molecule has 0 spiro atoms. The van der Waals surface area contributed by atoms with Crippen molar-refractivity contribution in [3.63, 3.8) is 0 Å². The Labute approximate surface area is 210 Å². The molecule has 2 aromatic carbocycles. The van der Waals surface area contributed by atoms with Crippen molar-refractivity contribution >= 4 is 28.6 Å². The summed E-state index contributed by atoms with van der Waals surface area (Å²) in [7, 11) is 0. The highest BCUT2D eigenvalue weighted by atomic mass is 16.2. The average molecular weight is 482 g/mol. The number of pyridine rings is 1. The molecule has 1 saturated heterocycles. The van der Waals surface area contributed by atoms with E-state index in [-0.39, 0.29) is 17.4 Å². The fourth-order valence-electron chi connectivity index (χ4n) is 4.76. The molecule has 1 N–H and O–H groups in total. The molecule has 1 amide bonds. The molecule has 36 heavy (non-hydrogen) atoms. The van der Waals surface area contributed by atoms with E-state index in [1.54, 1.807) is 10.8 Å². The second-order valence-corrected chi connectivity index (χ2v) is 9.46. The number of aromatic nitrogens is 3. The largest absolute Gasteiger partial charge is 0.352 e. The number of aryl methyl sites for hydroxylation is 2. The summed E-state index contributed by atoms with van der Waals surface area (Å²) in [5, 5.41) is 3.07. The summed E-state index contributed by atoms with van der Waals surface area (Å²) in [5.74, 6) is 0.371. The molecule has 0 unspecified atom stereocenters. The maximum absolute atomic E-state index is 13.6. The summed E-state index contributed by atoms with van der Waals surface area (Å²) in [5.41, 5.74) is 5.36. The number of hydrogen-bond acceptors (Lipinski definition) is 5. The maximum Gasteiger partial charge on any atom is 0.295 e. The third-order valence-corrected chi connectivity index (χ3v) is 6.91. The number of benzene rings is 2. The number of carbonyl (C=O) groups is 1. The van der Waals surface area contributed by atoms with Crippen molar-refractivity contribution in [1.82, 2.24) is 14.5 Å². The van der Waals surface area contributed by atoms with Gasteiger partial charge in [-0.25, -0.2) is 9.97 Å². The van der Waals surface area contributed by atoms with Crippen LogP contribution in [0.4, 0.5) is 11.5 Å². The monoisotopic (exact) mass is 481 g/mol. The van der Waals surface area contributed by atoms with Gasteiger partial charge in [0.2, 0.25) is 5.91 Å². The van der Waals surface area contributed by atoms with E-state index in [0.717, 1.165) is 17.7 Å². The Kier molecular flexibility index (Phi) is 6.80. The molecule has 184 valence electrons. The van der Waals surface area contributed by atoms with Gasteiger partial charge in [-0.1, -0.05) is 48.9 Å². The number of nitrogens with one attached hydrogen (secondary N) is 1. The highest BCUT2D eigenvalue weighted by Crippen LogP contribution is 2.23. The molecule has 1 aliphatic rings. The summed E-state index contributed by atoms with van der Waals surface area (Å²) >= 11 is 0. The summed E-state index contributed by atoms with van der Waals surface area (Å²) < 4.78 is 1.71. The molecule has 2 aromatic heterocycles. The van der Waals surface area contributed by atoms with Crippen LogP contribution in [0.1, 0.15) is 36.5 Å². The summed E-state index contributed by atoms with van der Waals surface area (Å²) in [6.45, 7) is 5.78. The summed E-state index contributed by atoms with van der Waals surface area (Å²) in [6, 6.07) is 19.9. The van der Waals surface area contributed by atoms with Gasteiger partial charge >= 0.3 is 0 Å². The molecular formula is C29H31N5O2. The van der Waals surface area contributed by atoms with E-state index in [0.29, 0.717) is 49.5 Å². The van der Waals surface area contributed by atoms with Crippen molar-refractivity contribution < 1.29 is 4.79 Å². The van der Waals surface area contributed by atoms with Gasteiger partial charge in [-0.15, -0.1) is 0 Å². The SMILES string of the molecule is CCc1cccc(NC(=O)C2CCN(c3nc4cccnc4n(Cc4ccc(C)cc4)c3=O)CC2)c1. The molecular weight excluding hydrogens is 450 g/mol. The van der Waals surface area contributed by atoms with Crippen molar-refractivity contribution in [3.8, 4) is 0 Å². The standard InChI is InChI=1S/C29H31N5O2/c1-3-21-6-4-7-24(18-21)31-28(35)23-13-16-33(17-14-23)27-29(36)34(19-22-11-9-20(2)10-12-22)26-25(32-27)8-5-15-30-26/h4-12,15,18,23H,3,13-14,16-17,19H2,1-2H3,(H,31,35). The van der Waals surface area contributed by atoms with Crippen LogP contribution in [0.25, 0.3) is 11.2 Å². The highest BCUT2D eigenvalue weighted by Gasteiger charge is 2.28. The molecule has 7 nitrogen and oxygen atoms in total. The first-order valence-electron chi connectivity index (χ1n) is 12.6. The Balaban J connectivity index is 1.35. The summed E-state index contributed by atoms with van der Waals surface area (Å²) in [4.78, 5) is 37.7. The van der Waals surface area contributed by atoms with E-state index < -0.39 is 0 Å². The van der Waals surface area contributed by atoms with E-state index in [1.165, 1.54) is 11.1 Å². The van der Waals surface area contributed by atoms with Crippen LogP contribution in [0, 0.1) is 12.8 Å². The van der Waals surface area contributed by atoms with Crippen LogP contribution in [0.3, 0.4) is 0 Å². The van der Waals surface area contributed by atoms with Gasteiger partial charge in [-0.05, 0) is 61.6 Å². The number of fused-ring (bicyclic) bond motifs is 1. The zero-order valence-electron chi connectivity index (χ0n) is 20.8. The molecule has 3 heterocycles. The number of amides is 1. The average Bonchev–Trinajstić information content (AvgIpc) is 2.91. The fourth-order valence-corrected chi connectivity index (χ4v) is 4.76. The van der Waals surface area contributed by atoms with Crippen molar-refractivity contribution in [1.29, 1.82) is 0 Å². The molecule has 1 aliphatic heterocycles. The molecule has 5 rings (SSSR count). The normalized spacial score (nSPS) is 14.2. The Hall–Kier alpha value is -4.00. The lowest BCUT2D eigenvalue weighted by Gasteiger charge is -2.32. The second kappa shape index (κ2) is 10.3. The fraction of sp³-hybridized carbons (Fsp3) is 0.310. The van der Waals surface area contributed by atoms with Gasteiger partial charge in [0.25, 0.3) is 5.56 Å². The van der Waals surface area contributed by atoms with Crippen molar-refractivity contribution in [2.45, 2.75) is 39.7 Å². The predicted molar refractivity (Wildman–Crippen MR) is 143 cm³/mol. The molecule has 1 fully saturated rings. The number of carbonyl (C=O) groups excluding carboxylic acids is 1. The number of nitrogens with zero attached hydrogens (tertiary/aromatic N) is 4. The van der Waals surface area contributed by atoms with Gasteiger partial charge in [-0.3, -0.25) is 14.2 Å². The van der Waals surface area contributed by atoms with Gasteiger partial charge in [0.15, 0.2) is 11.5 Å². The zero-order valence-corrected chi connectivity index (χ0v) is 20.8. The van der Waals surface area contributed by atoms with E-state index in [9.17, 15) is 9.59 Å². The third-order valence-electron chi connectivity index (χ3n) is 6.91. The molecule has 0 saturated carbocycles. The minimum absolute atomic E-state index is 0.0374. The minimum Gasteiger partial charge on any atom is -0.352 e. The predicted octanol–water partition coefficient (Wildman–Crippen LogP) is 4.57. The lowest BCUT2D eigenvalue weighted by atomic mass is 9.95. The van der Waals surface area contributed by atoms with Crippen LogP contribution in [-0.2, 0) is 17.8 Å². The van der Waals surface area contributed by atoms with Crippen molar-refractivity contribution in [2.75, 3.05) is 23.3 Å². The Morgan fingerprint density at radius 3 is 2.56 bits per heavy atom. The van der Waals surface area contributed by atoms with Crippen molar-refractivity contribution in [3.05, 3.63) is 93.9 Å². The first-order valence-corrected chi connectivity index (χ1v) is 12.6. The quantitative estimate of drug-likeness (QED) is 0.437. The molecule has 4 aromatic rings. The van der Waals surface area contributed by atoms with Gasteiger partial charge < -0.3 is 10.2 Å². The lowest BCUT2D eigenvalue weighted by molar-refractivity contribution is -0.120. The molecule has 0 atom stereocenters. The number of hydrogen-bond donors (Lipinski definition) is 1. The van der Waals surface area contributed by atoms with Crippen LogP contribution in [0.15, 0.2) is 71.7 Å². The number of anilines is 2. The molecule has 0 bridgehead atoms. The zero-order chi connectivity index (χ0) is 25.1. The minimum atomic E-state index is -0.152. The molecule has 7 heteroatoms. The maximum atomic E-state index is 13.6. The van der Waals surface area contributed by atoms with Gasteiger partial charge in [0.1, 0.15) is 5.52 Å². The first-order chi connectivity index (χ1) is 17.5. The van der Waals surface area contributed by atoms with E-state index >= 15 is 0 Å². The van der Waals surface area contributed by atoms with Crippen LogP contribution >= 0.6 is 0 Å². The van der Waals surface area contributed by atoms with Crippen LogP contribution in [0.2, 0.25) is 0 Å². The Morgan fingerprint density at radius 1 is 1.03 bits per heavy atom. The first kappa shape index (κ1) is 23.7. The number of piperidine rings is 1. The number of rotatable bonds is 6. The van der Waals surface area contributed by atoms with Crippen LogP contribution in [-0.4, -0.2) is 33.5 Å². The Bertz CT molecular complexity index is 1440. The molecule has 0 radical (unpaired) electrons. The van der Waals surface area contributed by atoms with Gasteiger partial charge in [-0.2, -0.15) is 0 Å². The topological polar surface area (TPSA) is 80.1 Å². The van der Waals surface area contributed by atoms with E-state index in [4.69, 9.17) is 4.98 Å². The highest BCUT2D eigenvalue weighted by molar-refractivity contribution is 5.92. The van der Waals surface area contributed by atoms with E-state index in [2.05, 4.69) is 23.3 Å². The third kappa shape index (κ3) is 5.00. The van der Waals surface area contributed by atoms with Crippen LogP contribution < -0.4 is 15.8 Å². The summed E-state index contributed by atoms with van der Waals surface area (Å²) in [6.07, 6.45) is 3.96. The van der Waals surface area contributed by atoms with Crippen LogP contribution in [0.5, 0.6) is 0 Å². The lowest BCUT2D eigenvalue weighted by Crippen LogP contribution is -2.42. The second-order valence-electron chi connectivity index (χ2n) is 9.46.